The van der Waals surface area contributed by atoms with Gasteiger partial charge in [0.1, 0.15) is 5.75 Å². The lowest BCUT2D eigenvalue weighted by Gasteiger charge is -2.14. The number of hydrogen-bond acceptors (Lipinski definition) is 3. The average molecular weight is 340 g/mol. The third kappa shape index (κ3) is 3.22. The number of rotatable bonds is 6. The number of halogens is 1. The molecule has 4 nitrogen and oxygen atoms in total. The largest absolute Gasteiger partial charge is 0.491 e. The topological polar surface area (TPSA) is 62.3 Å². The van der Waals surface area contributed by atoms with Gasteiger partial charge in [-0.3, -0.25) is 4.79 Å². The molecule has 0 bridgehead atoms. The molecule has 1 atom stereocenters. The summed E-state index contributed by atoms with van der Waals surface area (Å²) in [4.78, 5) is 14.3. The highest BCUT2D eigenvalue weighted by Crippen LogP contribution is 2.30. The number of aromatic amines is 1. The molecule has 0 aliphatic rings. The van der Waals surface area contributed by atoms with Crippen molar-refractivity contribution in [2.45, 2.75) is 25.9 Å². The molecule has 0 saturated heterocycles. The van der Waals surface area contributed by atoms with Crippen LogP contribution in [0.1, 0.15) is 31.4 Å². The Morgan fingerprint density at radius 2 is 2.15 bits per heavy atom. The highest BCUT2D eigenvalue weighted by molar-refractivity contribution is 9.09. The van der Waals surface area contributed by atoms with Gasteiger partial charge >= 0.3 is 0 Å². The SMILES string of the molecule is CCCCOc1ccc(C(O)CBr)c2ccc(=O)[nH]c12. The molecule has 108 valence electrons. The number of aliphatic hydroxyl groups excluding tert-OH is 1. The summed E-state index contributed by atoms with van der Waals surface area (Å²) >= 11 is 3.27. The van der Waals surface area contributed by atoms with Crippen molar-refractivity contribution in [1.82, 2.24) is 4.98 Å². The number of unbranched alkanes of at least 4 members (excludes halogenated alkanes) is 1. The van der Waals surface area contributed by atoms with E-state index in [1.54, 1.807) is 12.1 Å². The van der Waals surface area contributed by atoms with Crippen LogP contribution in [0.5, 0.6) is 5.75 Å². The molecule has 0 fully saturated rings. The van der Waals surface area contributed by atoms with Gasteiger partial charge in [-0.25, -0.2) is 0 Å². The van der Waals surface area contributed by atoms with Crippen LogP contribution in [-0.4, -0.2) is 22.0 Å². The number of alkyl halides is 1. The quantitative estimate of drug-likeness (QED) is 0.627. The third-order valence-electron chi connectivity index (χ3n) is 3.15. The zero-order chi connectivity index (χ0) is 14.5. The molecule has 0 radical (unpaired) electrons. The zero-order valence-electron chi connectivity index (χ0n) is 11.4. The minimum atomic E-state index is -0.618. The predicted molar refractivity (Wildman–Crippen MR) is 83.7 cm³/mol. The number of fused-ring (bicyclic) bond motifs is 1. The molecule has 1 aromatic carbocycles. The molecule has 1 heterocycles. The maximum atomic E-state index is 11.5. The Bertz CT molecular complexity index is 639. The summed E-state index contributed by atoms with van der Waals surface area (Å²) in [6, 6.07) is 6.83. The molecular weight excluding hydrogens is 322 g/mol. The van der Waals surface area contributed by atoms with Crippen molar-refractivity contribution in [3.8, 4) is 5.75 Å². The van der Waals surface area contributed by atoms with E-state index < -0.39 is 6.10 Å². The molecule has 20 heavy (non-hydrogen) atoms. The van der Waals surface area contributed by atoms with E-state index in [4.69, 9.17) is 4.74 Å². The standard InChI is InChI=1S/C15H18BrNO3/c1-2-3-8-20-13-6-4-10(12(18)9-16)11-5-7-14(19)17-15(11)13/h4-7,12,18H,2-3,8-9H2,1H3,(H,17,19). The fourth-order valence-corrected chi connectivity index (χ4v) is 2.42. The van der Waals surface area contributed by atoms with Crippen LogP contribution < -0.4 is 10.3 Å². The van der Waals surface area contributed by atoms with Gasteiger partial charge in [0.2, 0.25) is 5.56 Å². The highest BCUT2D eigenvalue weighted by atomic mass is 79.9. The van der Waals surface area contributed by atoms with E-state index in [-0.39, 0.29) is 5.56 Å². The maximum Gasteiger partial charge on any atom is 0.248 e. The van der Waals surface area contributed by atoms with Gasteiger partial charge in [-0.15, -0.1) is 0 Å². The molecular formula is C15H18BrNO3. The summed E-state index contributed by atoms with van der Waals surface area (Å²) in [5.41, 5.74) is 1.24. The van der Waals surface area contributed by atoms with Crippen LogP contribution in [0.2, 0.25) is 0 Å². The summed E-state index contributed by atoms with van der Waals surface area (Å²) < 4.78 is 5.72. The average Bonchev–Trinajstić information content (AvgIpc) is 2.46. The molecule has 1 unspecified atom stereocenters. The zero-order valence-corrected chi connectivity index (χ0v) is 12.9. The van der Waals surface area contributed by atoms with Gasteiger partial charge in [0.25, 0.3) is 0 Å². The molecule has 2 aromatic rings. The smallest absolute Gasteiger partial charge is 0.248 e. The lowest BCUT2D eigenvalue weighted by Crippen LogP contribution is -2.08. The van der Waals surface area contributed by atoms with Gasteiger partial charge in [0, 0.05) is 16.8 Å². The highest BCUT2D eigenvalue weighted by Gasteiger charge is 2.13. The van der Waals surface area contributed by atoms with Gasteiger partial charge in [-0.1, -0.05) is 35.3 Å². The molecule has 0 aliphatic carbocycles. The first-order valence-corrected chi connectivity index (χ1v) is 7.82. The van der Waals surface area contributed by atoms with E-state index in [0.717, 1.165) is 23.8 Å². The summed E-state index contributed by atoms with van der Waals surface area (Å²) in [7, 11) is 0. The Morgan fingerprint density at radius 3 is 2.85 bits per heavy atom. The molecule has 0 amide bonds. The second-order valence-electron chi connectivity index (χ2n) is 4.64. The van der Waals surface area contributed by atoms with Crippen molar-refractivity contribution >= 4 is 26.8 Å². The maximum absolute atomic E-state index is 11.5. The summed E-state index contributed by atoms with van der Waals surface area (Å²) in [6.07, 6.45) is 1.40. The van der Waals surface area contributed by atoms with Crippen molar-refractivity contribution in [2.24, 2.45) is 0 Å². The summed E-state index contributed by atoms with van der Waals surface area (Å²) in [5, 5.41) is 11.3. The normalized spacial score (nSPS) is 12.6. The van der Waals surface area contributed by atoms with Gasteiger partial charge in [-0.2, -0.15) is 0 Å². The van der Waals surface area contributed by atoms with Crippen LogP contribution in [0.4, 0.5) is 0 Å². The van der Waals surface area contributed by atoms with Crippen molar-refractivity contribution in [3.63, 3.8) is 0 Å². The fraction of sp³-hybridized carbons (Fsp3) is 0.400. The number of H-pyrrole nitrogens is 1. The van der Waals surface area contributed by atoms with E-state index >= 15 is 0 Å². The molecule has 2 rings (SSSR count). The first-order valence-electron chi connectivity index (χ1n) is 6.70. The lowest BCUT2D eigenvalue weighted by atomic mass is 10.0. The third-order valence-corrected chi connectivity index (χ3v) is 3.76. The van der Waals surface area contributed by atoms with Crippen molar-refractivity contribution in [1.29, 1.82) is 0 Å². The number of aromatic nitrogens is 1. The molecule has 0 saturated carbocycles. The van der Waals surface area contributed by atoms with E-state index in [0.29, 0.717) is 23.2 Å². The number of aliphatic hydroxyl groups is 1. The predicted octanol–water partition coefficient (Wildman–Crippen LogP) is 3.14. The lowest BCUT2D eigenvalue weighted by molar-refractivity contribution is 0.207. The Labute approximate surface area is 125 Å². The Balaban J connectivity index is 2.50. The second kappa shape index (κ2) is 6.90. The van der Waals surface area contributed by atoms with Crippen LogP contribution >= 0.6 is 15.9 Å². The van der Waals surface area contributed by atoms with Crippen LogP contribution in [0.25, 0.3) is 10.9 Å². The molecule has 0 aliphatic heterocycles. The fourth-order valence-electron chi connectivity index (χ4n) is 2.07. The van der Waals surface area contributed by atoms with E-state index in [9.17, 15) is 9.90 Å². The van der Waals surface area contributed by atoms with Gasteiger partial charge < -0.3 is 14.8 Å². The van der Waals surface area contributed by atoms with E-state index in [1.807, 2.05) is 6.07 Å². The number of hydrogen-bond donors (Lipinski definition) is 2. The summed E-state index contributed by atoms with van der Waals surface area (Å²) in [5.74, 6) is 0.650. The molecule has 1 aromatic heterocycles. The second-order valence-corrected chi connectivity index (χ2v) is 5.28. The first-order chi connectivity index (χ1) is 9.67. The Morgan fingerprint density at radius 1 is 1.35 bits per heavy atom. The van der Waals surface area contributed by atoms with E-state index in [1.165, 1.54) is 6.07 Å². The number of ether oxygens (including phenoxy) is 1. The van der Waals surface area contributed by atoms with Gasteiger partial charge in [0.15, 0.2) is 0 Å². The number of benzene rings is 1. The van der Waals surface area contributed by atoms with Gasteiger partial charge in [-0.05, 0) is 24.1 Å². The Hall–Kier alpha value is -1.33. The van der Waals surface area contributed by atoms with Crippen LogP contribution in [0.3, 0.4) is 0 Å². The Kier molecular flexibility index (Phi) is 5.20. The number of pyridine rings is 1. The van der Waals surface area contributed by atoms with Crippen LogP contribution in [0, 0.1) is 0 Å². The van der Waals surface area contributed by atoms with Crippen LogP contribution in [0.15, 0.2) is 29.1 Å². The minimum Gasteiger partial charge on any atom is -0.491 e. The van der Waals surface area contributed by atoms with Crippen LogP contribution in [-0.2, 0) is 0 Å². The van der Waals surface area contributed by atoms with Gasteiger partial charge in [0.05, 0.1) is 18.2 Å². The number of nitrogens with one attached hydrogen (secondary N) is 1. The summed E-state index contributed by atoms with van der Waals surface area (Å²) in [6.45, 7) is 2.71. The molecule has 0 spiro atoms. The molecule has 2 N–H and O–H groups in total. The van der Waals surface area contributed by atoms with Crippen molar-refractivity contribution < 1.29 is 9.84 Å². The van der Waals surface area contributed by atoms with E-state index in [2.05, 4.69) is 27.8 Å². The van der Waals surface area contributed by atoms with Crippen molar-refractivity contribution in [3.05, 3.63) is 40.2 Å². The first kappa shape index (κ1) is 15.1. The van der Waals surface area contributed by atoms with Crippen molar-refractivity contribution in [2.75, 3.05) is 11.9 Å². The monoisotopic (exact) mass is 339 g/mol. The minimum absolute atomic E-state index is 0.177. The molecule has 5 heteroatoms.